The predicted molar refractivity (Wildman–Crippen MR) is 77.5 cm³/mol. The van der Waals surface area contributed by atoms with E-state index < -0.39 is 11.9 Å². The molecule has 0 amide bonds. The molecule has 2 aromatic rings. The number of aliphatic hydroxyl groups excluding tert-OH is 1. The molecule has 1 unspecified atom stereocenters. The van der Waals surface area contributed by atoms with Gasteiger partial charge in [-0.15, -0.1) is 0 Å². The third-order valence-corrected chi connectivity index (χ3v) is 3.34. The van der Waals surface area contributed by atoms with Crippen molar-refractivity contribution in [2.45, 2.75) is 25.9 Å². The highest BCUT2D eigenvalue weighted by Crippen LogP contribution is 2.27. The molecule has 0 saturated heterocycles. The quantitative estimate of drug-likeness (QED) is 0.897. The molecule has 0 fully saturated rings. The van der Waals surface area contributed by atoms with Gasteiger partial charge in [0, 0.05) is 11.6 Å². The SMILES string of the molecule is CCCc1ccc(C(O)c2ccc(OC)cc2F)cc1. The van der Waals surface area contributed by atoms with Gasteiger partial charge in [0.05, 0.1) is 7.11 Å². The predicted octanol–water partition coefficient (Wildman–Crippen LogP) is 3.87. The Bertz CT molecular complexity index is 564. The summed E-state index contributed by atoms with van der Waals surface area (Å²) in [5.74, 6) is -0.0220. The van der Waals surface area contributed by atoms with E-state index in [2.05, 4.69) is 6.92 Å². The van der Waals surface area contributed by atoms with Crippen LogP contribution < -0.4 is 4.74 Å². The van der Waals surface area contributed by atoms with Crippen LogP contribution in [0.25, 0.3) is 0 Å². The van der Waals surface area contributed by atoms with Crippen molar-refractivity contribution in [2.75, 3.05) is 7.11 Å². The van der Waals surface area contributed by atoms with Crippen molar-refractivity contribution >= 4 is 0 Å². The van der Waals surface area contributed by atoms with Crippen LogP contribution in [0.1, 0.15) is 36.1 Å². The van der Waals surface area contributed by atoms with Crippen molar-refractivity contribution in [1.29, 1.82) is 0 Å². The normalized spacial score (nSPS) is 12.2. The van der Waals surface area contributed by atoms with Gasteiger partial charge >= 0.3 is 0 Å². The molecule has 0 aliphatic heterocycles. The van der Waals surface area contributed by atoms with Crippen molar-refractivity contribution in [2.24, 2.45) is 0 Å². The van der Waals surface area contributed by atoms with Crippen LogP contribution in [0.3, 0.4) is 0 Å². The fourth-order valence-electron chi connectivity index (χ4n) is 2.19. The summed E-state index contributed by atoms with van der Waals surface area (Å²) in [6.07, 6.45) is 1.12. The van der Waals surface area contributed by atoms with E-state index in [4.69, 9.17) is 4.74 Å². The van der Waals surface area contributed by atoms with E-state index in [1.807, 2.05) is 24.3 Å². The fourth-order valence-corrected chi connectivity index (χ4v) is 2.19. The number of ether oxygens (including phenoxy) is 1. The van der Waals surface area contributed by atoms with E-state index in [-0.39, 0.29) is 5.56 Å². The van der Waals surface area contributed by atoms with Crippen LogP contribution in [-0.4, -0.2) is 12.2 Å². The Balaban J connectivity index is 2.24. The number of benzene rings is 2. The molecule has 0 saturated carbocycles. The average Bonchev–Trinajstić information content (AvgIpc) is 2.47. The summed E-state index contributed by atoms with van der Waals surface area (Å²) >= 11 is 0. The van der Waals surface area contributed by atoms with Crippen LogP contribution in [0.5, 0.6) is 5.75 Å². The van der Waals surface area contributed by atoms with Crippen LogP contribution in [0.4, 0.5) is 4.39 Å². The minimum atomic E-state index is -0.961. The minimum absolute atomic E-state index is 0.258. The Hall–Kier alpha value is -1.87. The zero-order valence-electron chi connectivity index (χ0n) is 11.8. The molecule has 0 aliphatic carbocycles. The second-order valence-electron chi connectivity index (χ2n) is 4.78. The lowest BCUT2D eigenvalue weighted by molar-refractivity contribution is 0.214. The minimum Gasteiger partial charge on any atom is -0.497 e. The molecule has 0 radical (unpaired) electrons. The van der Waals surface area contributed by atoms with E-state index in [1.54, 1.807) is 12.1 Å². The molecule has 3 heteroatoms. The van der Waals surface area contributed by atoms with Crippen LogP contribution in [0.15, 0.2) is 42.5 Å². The highest BCUT2D eigenvalue weighted by molar-refractivity contribution is 5.36. The highest BCUT2D eigenvalue weighted by atomic mass is 19.1. The number of hydrogen-bond acceptors (Lipinski definition) is 2. The second-order valence-corrected chi connectivity index (χ2v) is 4.78. The van der Waals surface area contributed by atoms with Crippen molar-refractivity contribution in [3.05, 3.63) is 65.0 Å². The third kappa shape index (κ3) is 3.17. The Morgan fingerprint density at radius 2 is 1.85 bits per heavy atom. The number of aryl methyl sites for hydroxylation is 1. The lowest BCUT2D eigenvalue weighted by atomic mass is 9.99. The second kappa shape index (κ2) is 6.53. The van der Waals surface area contributed by atoms with Gasteiger partial charge in [-0.05, 0) is 29.7 Å². The van der Waals surface area contributed by atoms with Crippen molar-refractivity contribution in [3.8, 4) is 5.75 Å². The Morgan fingerprint density at radius 3 is 2.40 bits per heavy atom. The lowest BCUT2D eigenvalue weighted by Crippen LogP contribution is -2.03. The van der Waals surface area contributed by atoms with Crippen molar-refractivity contribution in [1.82, 2.24) is 0 Å². The monoisotopic (exact) mass is 274 g/mol. The molecular formula is C17H19FO2. The van der Waals surface area contributed by atoms with Gasteiger partial charge in [-0.2, -0.15) is 0 Å². The first-order valence-electron chi connectivity index (χ1n) is 6.76. The van der Waals surface area contributed by atoms with Crippen molar-refractivity contribution in [3.63, 3.8) is 0 Å². The number of methoxy groups -OCH3 is 1. The smallest absolute Gasteiger partial charge is 0.133 e. The molecule has 1 N–H and O–H groups in total. The van der Waals surface area contributed by atoms with Crippen LogP contribution >= 0.6 is 0 Å². The average molecular weight is 274 g/mol. The van der Waals surface area contributed by atoms with E-state index in [0.717, 1.165) is 12.8 Å². The number of hydrogen-bond donors (Lipinski definition) is 1. The number of rotatable bonds is 5. The summed E-state index contributed by atoms with van der Waals surface area (Å²) in [6, 6.07) is 12.1. The van der Waals surface area contributed by atoms with E-state index in [0.29, 0.717) is 11.3 Å². The fraction of sp³-hybridized carbons (Fsp3) is 0.294. The third-order valence-electron chi connectivity index (χ3n) is 3.34. The zero-order valence-corrected chi connectivity index (χ0v) is 11.8. The van der Waals surface area contributed by atoms with Crippen LogP contribution in [0, 0.1) is 5.82 Å². The zero-order chi connectivity index (χ0) is 14.5. The first-order valence-corrected chi connectivity index (χ1v) is 6.76. The van der Waals surface area contributed by atoms with E-state index in [1.165, 1.54) is 18.7 Å². The largest absolute Gasteiger partial charge is 0.497 e. The maximum absolute atomic E-state index is 13.9. The van der Waals surface area contributed by atoms with Gasteiger partial charge in [-0.25, -0.2) is 4.39 Å². The van der Waals surface area contributed by atoms with E-state index >= 15 is 0 Å². The molecule has 0 bridgehead atoms. The summed E-state index contributed by atoms with van der Waals surface area (Å²) in [4.78, 5) is 0. The van der Waals surface area contributed by atoms with Gasteiger partial charge in [0.1, 0.15) is 17.7 Å². The topological polar surface area (TPSA) is 29.5 Å². The first-order chi connectivity index (χ1) is 9.65. The van der Waals surface area contributed by atoms with Gasteiger partial charge < -0.3 is 9.84 Å². The molecule has 0 aromatic heterocycles. The number of halogens is 1. The maximum atomic E-state index is 13.9. The Morgan fingerprint density at radius 1 is 1.15 bits per heavy atom. The van der Waals surface area contributed by atoms with Gasteiger partial charge in [-0.1, -0.05) is 37.6 Å². The first kappa shape index (κ1) is 14.5. The molecule has 20 heavy (non-hydrogen) atoms. The maximum Gasteiger partial charge on any atom is 0.133 e. The molecule has 2 rings (SSSR count). The van der Waals surface area contributed by atoms with Gasteiger partial charge in [0.25, 0.3) is 0 Å². The van der Waals surface area contributed by atoms with Gasteiger partial charge in [0.15, 0.2) is 0 Å². The van der Waals surface area contributed by atoms with Gasteiger partial charge in [-0.3, -0.25) is 0 Å². The molecule has 0 aliphatic rings. The van der Waals surface area contributed by atoms with Crippen LogP contribution in [0.2, 0.25) is 0 Å². The standard InChI is InChI=1S/C17H19FO2/c1-3-4-12-5-7-13(8-6-12)17(19)15-10-9-14(20-2)11-16(15)18/h5-11,17,19H,3-4H2,1-2H3. The lowest BCUT2D eigenvalue weighted by Gasteiger charge is -2.13. The molecule has 1 atom stereocenters. The summed E-state index contributed by atoms with van der Waals surface area (Å²) in [5.41, 5.74) is 2.17. The highest BCUT2D eigenvalue weighted by Gasteiger charge is 2.15. The van der Waals surface area contributed by atoms with Crippen molar-refractivity contribution < 1.29 is 14.2 Å². The Kier molecular flexibility index (Phi) is 4.74. The molecule has 2 nitrogen and oxygen atoms in total. The molecular weight excluding hydrogens is 255 g/mol. The Labute approximate surface area is 118 Å². The summed E-state index contributed by atoms with van der Waals surface area (Å²) in [5, 5.41) is 10.3. The van der Waals surface area contributed by atoms with E-state index in [9.17, 15) is 9.50 Å². The molecule has 0 heterocycles. The summed E-state index contributed by atoms with van der Waals surface area (Å²) in [6.45, 7) is 2.12. The molecule has 106 valence electrons. The summed E-state index contributed by atoms with van der Waals surface area (Å²) < 4.78 is 18.9. The van der Waals surface area contributed by atoms with Gasteiger partial charge in [0.2, 0.25) is 0 Å². The van der Waals surface area contributed by atoms with Crippen LogP contribution in [-0.2, 0) is 6.42 Å². The summed E-state index contributed by atoms with van der Waals surface area (Å²) in [7, 11) is 1.48. The molecule has 0 spiro atoms. The molecule has 2 aromatic carbocycles. The number of aliphatic hydroxyl groups is 1.